The third-order valence-corrected chi connectivity index (χ3v) is 4.20. The van der Waals surface area contributed by atoms with Crippen molar-refractivity contribution < 1.29 is 9.90 Å². The van der Waals surface area contributed by atoms with Crippen LogP contribution in [0, 0.1) is 12.8 Å². The van der Waals surface area contributed by atoms with Crippen LogP contribution >= 0.6 is 11.3 Å². The number of aliphatic carboxylic acids is 1. The van der Waals surface area contributed by atoms with E-state index in [1.165, 1.54) is 0 Å². The number of thiazole rings is 1. The summed E-state index contributed by atoms with van der Waals surface area (Å²) in [7, 11) is 0. The number of aromatic nitrogens is 1. The zero-order valence-corrected chi connectivity index (χ0v) is 10.8. The van der Waals surface area contributed by atoms with Crippen LogP contribution in [0.2, 0.25) is 0 Å². The molecule has 0 aliphatic heterocycles. The van der Waals surface area contributed by atoms with Gasteiger partial charge in [0.2, 0.25) is 0 Å². The highest BCUT2D eigenvalue weighted by atomic mass is 32.1. The molecule has 2 rings (SSSR count). The first-order chi connectivity index (χ1) is 8.15. The molecule has 94 valence electrons. The van der Waals surface area contributed by atoms with Crippen LogP contribution in [-0.4, -0.2) is 22.1 Å². The number of nitrogens with zero attached hydrogens (tertiary/aromatic N) is 1. The van der Waals surface area contributed by atoms with Gasteiger partial charge >= 0.3 is 5.97 Å². The lowest BCUT2D eigenvalue weighted by atomic mass is 9.86. The van der Waals surface area contributed by atoms with Crippen LogP contribution in [0.4, 0.5) is 0 Å². The summed E-state index contributed by atoms with van der Waals surface area (Å²) in [5, 5.41) is 15.6. The molecule has 1 aliphatic carbocycles. The van der Waals surface area contributed by atoms with Crippen LogP contribution in [0.1, 0.15) is 36.4 Å². The fourth-order valence-electron chi connectivity index (χ4n) is 2.32. The van der Waals surface area contributed by atoms with Crippen molar-refractivity contribution in [3.63, 3.8) is 0 Å². The summed E-state index contributed by atoms with van der Waals surface area (Å²) < 4.78 is 0. The predicted molar refractivity (Wildman–Crippen MR) is 67.1 cm³/mol. The topological polar surface area (TPSA) is 62.2 Å². The van der Waals surface area contributed by atoms with Gasteiger partial charge in [-0.05, 0) is 26.2 Å². The molecule has 1 saturated carbocycles. The van der Waals surface area contributed by atoms with E-state index in [9.17, 15) is 4.79 Å². The Hall–Kier alpha value is -0.940. The average Bonchev–Trinajstić information content (AvgIpc) is 2.73. The number of hydrogen-bond donors (Lipinski definition) is 2. The third kappa shape index (κ3) is 3.51. The zero-order valence-electron chi connectivity index (χ0n) is 9.98. The highest BCUT2D eigenvalue weighted by Gasteiger charge is 2.26. The van der Waals surface area contributed by atoms with E-state index in [2.05, 4.69) is 10.3 Å². The van der Waals surface area contributed by atoms with E-state index in [-0.39, 0.29) is 5.92 Å². The largest absolute Gasteiger partial charge is 0.481 e. The van der Waals surface area contributed by atoms with Gasteiger partial charge < -0.3 is 10.4 Å². The molecule has 1 heterocycles. The average molecular weight is 254 g/mol. The van der Waals surface area contributed by atoms with Crippen molar-refractivity contribution in [2.24, 2.45) is 5.92 Å². The number of carboxylic acids is 1. The first kappa shape index (κ1) is 12.5. The molecule has 1 aromatic rings. The van der Waals surface area contributed by atoms with E-state index in [4.69, 9.17) is 5.11 Å². The molecule has 0 radical (unpaired) electrons. The second-order valence-electron chi connectivity index (χ2n) is 4.66. The molecule has 2 unspecified atom stereocenters. The van der Waals surface area contributed by atoms with Gasteiger partial charge in [0.1, 0.15) is 5.01 Å². The summed E-state index contributed by atoms with van der Waals surface area (Å²) >= 11 is 1.66. The number of hydrogen-bond acceptors (Lipinski definition) is 4. The molecule has 0 spiro atoms. The lowest BCUT2D eigenvalue weighted by Crippen LogP contribution is -2.36. The summed E-state index contributed by atoms with van der Waals surface area (Å²) in [6.07, 6.45) is 3.66. The fourth-order valence-corrected chi connectivity index (χ4v) is 3.04. The Morgan fingerprint density at radius 2 is 2.47 bits per heavy atom. The molecule has 1 aromatic heterocycles. The smallest absolute Gasteiger partial charge is 0.306 e. The summed E-state index contributed by atoms with van der Waals surface area (Å²) in [4.78, 5) is 15.3. The maximum atomic E-state index is 10.9. The molecule has 0 bridgehead atoms. The molecule has 2 atom stereocenters. The maximum absolute atomic E-state index is 10.9. The third-order valence-electron chi connectivity index (χ3n) is 3.23. The van der Waals surface area contributed by atoms with Gasteiger partial charge in [0.25, 0.3) is 0 Å². The Bertz CT molecular complexity index is 392. The highest BCUT2D eigenvalue weighted by Crippen LogP contribution is 2.24. The number of rotatable bonds is 4. The standard InChI is InChI=1S/C12H18N2O2S/c1-8-7-17-11(14-8)6-13-10-4-2-3-9(5-10)12(15)16/h7,9-10,13H,2-6H2,1H3,(H,15,16). The molecular formula is C12H18N2O2S. The number of aryl methyl sites for hydroxylation is 1. The SMILES string of the molecule is Cc1csc(CNC2CCCC(C(=O)O)C2)n1. The second kappa shape index (κ2) is 5.60. The summed E-state index contributed by atoms with van der Waals surface area (Å²) in [6.45, 7) is 2.75. The zero-order chi connectivity index (χ0) is 12.3. The predicted octanol–water partition coefficient (Wildman–Crippen LogP) is 2.18. The van der Waals surface area contributed by atoms with E-state index in [1.807, 2.05) is 12.3 Å². The van der Waals surface area contributed by atoms with E-state index in [0.717, 1.165) is 42.9 Å². The Kier molecular flexibility index (Phi) is 4.12. The molecule has 4 nitrogen and oxygen atoms in total. The molecule has 1 aliphatic rings. The van der Waals surface area contributed by atoms with Gasteiger partial charge in [-0.3, -0.25) is 4.79 Å². The van der Waals surface area contributed by atoms with Gasteiger partial charge in [-0.2, -0.15) is 0 Å². The maximum Gasteiger partial charge on any atom is 0.306 e. The molecule has 0 saturated heterocycles. The molecular weight excluding hydrogens is 236 g/mol. The monoisotopic (exact) mass is 254 g/mol. The number of carboxylic acid groups (broad SMARTS) is 1. The van der Waals surface area contributed by atoms with Gasteiger partial charge in [-0.15, -0.1) is 11.3 Å². The van der Waals surface area contributed by atoms with Gasteiger partial charge in [0.15, 0.2) is 0 Å². The van der Waals surface area contributed by atoms with Crippen molar-refractivity contribution in [3.8, 4) is 0 Å². The summed E-state index contributed by atoms with van der Waals surface area (Å²) in [6, 6.07) is 0.328. The Morgan fingerprint density at radius 1 is 1.65 bits per heavy atom. The van der Waals surface area contributed by atoms with Crippen LogP contribution in [0.5, 0.6) is 0 Å². The van der Waals surface area contributed by atoms with Crippen LogP contribution in [0.25, 0.3) is 0 Å². The van der Waals surface area contributed by atoms with Crippen molar-refractivity contribution in [1.29, 1.82) is 0 Å². The van der Waals surface area contributed by atoms with Gasteiger partial charge in [0.05, 0.1) is 5.92 Å². The number of nitrogens with one attached hydrogen (secondary N) is 1. The normalized spacial score (nSPS) is 24.8. The van der Waals surface area contributed by atoms with E-state index >= 15 is 0 Å². The van der Waals surface area contributed by atoms with Crippen molar-refractivity contribution in [1.82, 2.24) is 10.3 Å². The lowest BCUT2D eigenvalue weighted by Gasteiger charge is -2.27. The minimum atomic E-state index is -0.651. The van der Waals surface area contributed by atoms with E-state index in [1.54, 1.807) is 11.3 Å². The van der Waals surface area contributed by atoms with Crippen LogP contribution in [-0.2, 0) is 11.3 Å². The van der Waals surface area contributed by atoms with Crippen molar-refractivity contribution in [2.45, 2.75) is 45.2 Å². The molecule has 0 aromatic carbocycles. The fraction of sp³-hybridized carbons (Fsp3) is 0.667. The van der Waals surface area contributed by atoms with Gasteiger partial charge in [-0.1, -0.05) is 6.42 Å². The van der Waals surface area contributed by atoms with Gasteiger partial charge in [0, 0.05) is 23.7 Å². The first-order valence-corrected chi connectivity index (χ1v) is 6.90. The van der Waals surface area contributed by atoms with Crippen molar-refractivity contribution >= 4 is 17.3 Å². The Balaban J connectivity index is 1.81. The molecule has 17 heavy (non-hydrogen) atoms. The lowest BCUT2D eigenvalue weighted by molar-refractivity contribution is -0.143. The van der Waals surface area contributed by atoms with Crippen molar-refractivity contribution in [3.05, 3.63) is 16.1 Å². The van der Waals surface area contributed by atoms with Crippen LogP contribution in [0.3, 0.4) is 0 Å². The summed E-state index contributed by atoms with van der Waals surface area (Å²) in [5.41, 5.74) is 1.05. The minimum absolute atomic E-state index is 0.167. The minimum Gasteiger partial charge on any atom is -0.481 e. The first-order valence-electron chi connectivity index (χ1n) is 6.02. The molecule has 5 heteroatoms. The quantitative estimate of drug-likeness (QED) is 0.864. The molecule has 0 amide bonds. The van der Waals surface area contributed by atoms with E-state index in [0.29, 0.717) is 6.04 Å². The van der Waals surface area contributed by atoms with Crippen molar-refractivity contribution in [2.75, 3.05) is 0 Å². The highest BCUT2D eigenvalue weighted by molar-refractivity contribution is 7.09. The molecule has 2 N–H and O–H groups in total. The van der Waals surface area contributed by atoms with Crippen LogP contribution < -0.4 is 5.32 Å². The summed E-state index contributed by atoms with van der Waals surface area (Å²) in [5.74, 6) is -0.819. The Labute approximate surface area is 105 Å². The van der Waals surface area contributed by atoms with Crippen LogP contribution in [0.15, 0.2) is 5.38 Å². The Morgan fingerprint density at radius 3 is 3.12 bits per heavy atom. The number of carbonyl (C=O) groups is 1. The van der Waals surface area contributed by atoms with Gasteiger partial charge in [-0.25, -0.2) is 4.98 Å². The second-order valence-corrected chi connectivity index (χ2v) is 5.60. The van der Waals surface area contributed by atoms with E-state index < -0.39 is 5.97 Å². The molecule has 1 fully saturated rings.